The smallest absolute Gasteiger partial charge is 0.254 e. The first-order chi connectivity index (χ1) is 9.65. The molecule has 6 heteroatoms. The van der Waals surface area contributed by atoms with Crippen molar-refractivity contribution in [1.29, 1.82) is 0 Å². The Bertz CT molecular complexity index is 478. The third-order valence-corrected chi connectivity index (χ3v) is 3.70. The number of nitrogens with one attached hydrogen (secondary N) is 1. The van der Waals surface area contributed by atoms with Crippen LogP contribution in [0.1, 0.15) is 41.7 Å². The van der Waals surface area contributed by atoms with E-state index in [-0.39, 0.29) is 18.6 Å². The molecule has 1 aromatic rings. The number of hydrogen-bond donors (Lipinski definition) is 3. The number of carbonyl (C=O) groups is 1. The first-order valence-electron chi connectivity index (χ1n) is 7.03. The molecule has 1 amide bonds. The number of hydrogen-bond acceptors (Lipinski definition) is 5. The highest BCUT2D eigenvalue weighted by atomic mass is 16.3. The highest BCUT2D eigenvalue weighted by Gasteiger charge is 2.26. The molecule has 4 N–H and O–H groups in total. The molecule has 1 aromatic heterocycles. The van der Waals surface area contributed by atoms with E-state index in [0.29, 0.717) is 17.9 Å². The second kappa shape index (κ2) is 6.67. The number of nitrogen functional groups attached to an aromatic ring is 1. The standard InChI is InChI=1S/C14H22N4O2/c1-10-7-11(8-13(16-10)17-15)14(20)18-6-4-2-3-5-12(18)9-19/h7-8,12,19H,2-6,9,15H2,1H3,(H,16,17). The molecule has 0 radical (unpaired) electrons. The lowest BCUT2D eigenvalue weighted by Gasteiger charge is -2.28. The highest BCUT2D eigenvalue weighted by Crippen LogP contribution is 2.20. The van der Waals surface area contributed by atoms with Crippen molar-refractivity contribution in [2.75, 3.05) is 18.6 Å². The van der Waals surface area contributed by atoms with Crippen LogP contribution in [0.15, 0.2) is 12.1 Å². The molecule has 1 aliphatic heterocycles. The van der Waals surface area contributed by atoms with Crippen molar-refractivity contribution >= 4 is 11.7 Å². The number of pyridine rings is 1. The molecule has 1 aliphatic rings. The zero-order chi connectivity index (χ0) is 14.5. The highest BCUT2D eigenvalue weighted by molar-refractivity contribution is 5.95. The average Bonchev–Trinajstić information content (AvgIpc) is 2.70. The topological polar surface area (TPSA) is 91.5 Å². The molecule has 0 aliphatic carbocycles. The zero-order valence-electron chi connectivity index (χ0n) is 11.8. The van der Waals surface area contributed by atoms with Gasteiger partial charge in [0.15, 0.2) is 0 Å². The molecule has 2 heterocycles. The summed E-state index contributed by atoms with van der Waals surface area (Å²) in [6, 6.07) is 3.31. The molecule has 0 bridgehead atoms. The minimum absolute atomic E-state index is 0.0117. The number of aryl methyl sites for hydroxylation is 1. The number of nitrogens with zero attached hydrogens (tertiary/aromatic N) is 2. The fourth-order valence-electron chi connectivity index (χ4n) is 2.67. The third kappa shape index (κ3) is 3.26. The Kier molecular flexibility index (Phi) is 4.92. The normalized spacial score (nSPS) is 19.6. The lowest BCUT2D eigenvalue weighted by molar-refractivity contribution is 0.0599. The molecular formula is C14H22N4O2. The molecule has 0 saturated carbocycles. The predicted octanol–water partition coefficient (Wildman–Crippen LogP) is 1.05. The number of aromatic nitrogens is 1. The van der Waals surface area contributed by atoms with E-state index in [1.807, 2.05) is 6.92 Å². The third-order valence-electron chi connectivity index (χ3n) is 3.70. The zero-order valence-corrected chi connectivity index (χ0v) is 11.8. The van der Waals surface area contributed by atoms with Gasteiger partial charge in [-0.3, -0.25) is 4.79 Å². The Morgan fingerprint density at radius 2 is 2.30 bits per heavy atom. The predicted molar refractivity (Wildman–Crippen MR) is 77.2 cm³/mol. The van der Waals surface area contributed by atoms with Crippen molar-refractivity contribution in [3.8, 4) is 0 Å². The number of amides is 1. The quantitative estimate of drug-likeness (QED) is 0.568. The number of anilines is 1. The minimum Gasteiger partial charge on any atom is -0.394 e. The fraction of sp³-hybridized carbons (Fsp3) is 0.571. The van der Waals surface area contributed by atoms with Crippen LogP contribution in [0.4, 0.5) is 5.82 Å². The number of hydrazine groups is 1. The molecule has 1 fully saturated rings. The molecule has 1 saturated heterocycles. The summed E-state index contributed by atoms with van der Waals surface area (Å²) in [4.78, 5) is 18.6. The summed E-state index contributed by atoms with van der Waals surface area (Å²) < 4.78 is 0. The Morgan fingerprint density at radius 1 is 1.50 bits per heavy atom. The molecular weight excluding hydrogens is 256 g/mol. The minimum atomic E-state index is -0.0900. The second-order valence-electron chi connectivity index (χ2n) is 5.21. The van der Waals surface area contributed by atoms with E-state index in [2.05, 4.69) is 10.4 Å². The molecule has 6 nitrogen and oxygen atoms in total. The van der Waals surface area contributed by atoms with Gasteiger partial charge in [0.25, 0.3) is 5.91 Å². The van der Waals surface area contributed by atoms with Crippen molar-refractivity contribution in [1.82, 2.24) is 9.88 Å². The summed E-state index contributed by atoms with van der Waals surface area (Å²) in [6.07, 6.45) is 3.99. The molecule has 0 spiro atoms. The summed E-state index contributed by atoms with van der Waals surface area (Å²) in [5.41, 5.74) is 3.77. The van der Waals surface area contributed by atoms with Crippen molar-refractivity contribution < 1.29 is 9.90 Å². The first kappa shape index (κ1) is 14.7. The number of aliphatic hydroxyl groups excluding tert-OH is 1. The van der Waals surface area contributed by atoms with E-state index in [0.717, 1.165) is 31.4 Å². The summed E-state index contributed by atoms with van der Waals surface area (Å²) >= 11 is 0. The van der Waals surface area contributed by atoms with E-state index in [4.69, 9.17) is 5.84 Å². The number of aliphatic hydroxyl groups is 1. The van der Waals surface area contributed by atoms with Crippen LogP contribution in [0.2, 0.25) is 0 Å². The largest absolute Gasteiger partial charge is 0.394 e. The molecule has 110 valence electrons. The fourth-order valence-corrected chi connectivity index (χ4v) is 2.67. The van der Waals surface area contributed by atoms with E-state index in [9.17, 15) is 9.90 Å². The second-order valence-corrected chi connectivity index (χ2v) is 5.21. The Labute approximate surface area is 119 Å². The summed E-state index contributed by atoms with van der Waals surface area (Å²) in [7, 11) is 0. The summed E-state index contributed by atoms with van der Waals surface area (Å²) in [5.74, 6) is 5.78. The maximum atomic E-state index is 12.7. The number of carbonyl (C=O) groups excluding carboxylic acids is 1. The van der Waals surface area contributed by atoms with Gasteiger partial charge in [-0.25, -0.2) is 10.8 Å². The maximum Gasteiger partial charge on any atom is 0.254 e. The van der Waals surface area contributed by atoms with Crippen LogP contribution >= 0.6 is 0 Å². The number of likely N-dealkylation sites (tertiary alicyclic amines) is 1. The van der Waals surface area contributed by atoms with E-state index in [1.165, 1.54) is 0 Å². The maximum absolute atomic E-state index is 12.7. The van der Waals surface area contributed by atoms with Gasteiger partial charge in [-0.1, -0.05) is 12.8 Å². The Balaban J connectivity index is 2.26. The average molecular weight is 278 g/mol. The number of rotatable bonds is 3. The van der Waals surface area contributed by atoms with E-state index < -0.39 is 0 Å². The molecule has 1 unspecified atom stereocenters. The van der Waals surface area contributed by atoms with Crippen LogP contribution in [-0.2, 0) is 0 Å². The van der Waals surface area contributed by atoms with Gasteiger partial charge in [0.2, 0.25) is 0 Å². The van der Waals surface area contributed by atoms with Crippen LogP contribution in [0.25, 0.3) is 0 Å². The first-order valence-corrected chi connectivity index (χ1v) is 7.03. The van der Waals surface area contributed by atoms with Gasteiger partial charge in [0, 0.05) is 17.8 Å². The molecule has 0 aromatic carbocycles. The van der Waals surface area contributed by atoms with Gasteiger partial charge in [0.05, 0.1) is 12.6 Å². The van der Waals surface area contributed by atoms with Crippen LogP contribution < -0.4 is 11.3 Å². The molecule has 20 heavy (non-hydrogen) atoms. The van der Waals surface area contributed by atoms with Gasteiger partial charge in [0.1, 0.15) is 5.82 Å². The van der Waals surface area contributed by atoms with Crippen molar-refractivity contribution in [3.63, 3.8) is 0 Å². The van der Waals surface area contributed by atoms with Gasteiger partial charge >= 0.3 is 0 Å². The molecule has 1 atom stereocenters. The van der Waals surface area contributed by atoms with Gasteiger partial charge in [-0.05, 0) is 31.9 Å². The lowest BCUT2D eigenvalue weighted by atomic mass is 10.1. The van der Waals surface area contributed by atoms with Crippen LogP contribution in [0.5, 0.6) is 0 Å². The number of nitrogens with two attached hydrogens (primary N) is 1. The van der Waals surface area contributed by atoms with Crippen LogP contribution in [0.3, 0.4) is 0 Å². The van der Waals surface area contributed by atoms with E-state index >= 15 is 0 Å². The van der Waals surface area contributed by atoms with Crippen molar-refractivity contribution in [2.45, 2.75) is 38.6 Å². The van der Waals surface area contributed by atoms with Crippen molar-refractivity contribution in [3.05, 3.63) is 23.4 Å². The summed E-state index contributed by atoms with van der Waals surface area (Å²) in [5, 5.41) is 9.50. The van der Waals surface area contributed by atoms with Crippen LogP contribution in [0, 0.1) is 6.92 Å². The lowest BCUT2D eigenvalue weighted by Crippen LogP contribution is -2.42. The van der Waals surface area contributed by atoms with Gasteiger partial charge < -0.3 is 15.4 Å². The summed E-state index contributed by atoms with van der Waals surface area (Å²) in [6.45, 7) is 2.53. The monoisotopic (exact) mass is 278 g/mol. The Morgan fingerprint density at radius 3 is 3.00 bits per heavy atom. The van der Waals surface area contributed by atoms with Crippen LogP contribution in [-0.4, -0.2) is 40.1 Å². The Hall–Kier alpha value is -1.66. The van der Waals surface area contributed by atoms with E-state index in [1.54, 1.807) is 17.0 Å². The molecule has 2 rings (SSSR count). The van der Waals surface area contributed by atoms with Gasteiger partial charge in [-0.2, -0.15) is 0 Å². The van der Waals surface area contributed by atoms with Gasteiger partial charge in [-0.15, -0.1) is 0 Å². The SMILES string of the molecule is Cc1cc(C(=O)N2CCCCCC2CO)cc(NN)n1. The van der Waals surface area contributed by atoms with Crippen molar-refractivity contribution in [2.24, 2.45) is 5.84 Å².